The molecule has 2 aromatic rings. The molecule has 0 atom stereocenters. The van der Waals surface area contributed by atoms with Gasteiger partial charge in [-0.25, -0.2) is 0 Å². The normalized spacial score (nSPS) is 16.2. The Morgan fingerprint density at radius 1 is 1.16 bits per heavy atom. The minimum absolute atomic E-state index is 0.0803. The van der Waals surface area contributed by atoms with Gasteiger partial charge >= 0.3 is 0 Å². The first-order chi connectivity index (χ1) is 11.9. The molecule has 0 fully saturated rings. The van der Waals surface area contributed by atoms with Crippen molar-refractivity contribution in [3.8, 4) is 17.4 Å². The van der Waals surface area contributed by atoms with Crippen LogP contribution in [0.15, 0.2) is 51.5 Å². The minimum atomic E-state index is -0.683. The molecule has 2 amide bonds. The lowest BCUT2D eigenvalue weighted by atomic mass is 9.96. The van der Waals surface area contributed by atoms with E-state index in [1.807, 2.05) is 25.1 Å². The number of nitrogens with one attached hydrogen (secondary N) is 1. The number of nitrogens with zero attached hydrogens (tertiary/aromatic N) is 1. The van der Waals surface area contributed by atoms with Gasteiger partial charge in [0.2, 0.25) is 0 Å². The Hall–Kier alpha value is -3.10. The van der Waals surface area contributed by atoms with Crippen LogP contribution in [0, 0.1) is 18.3 Å². The van der Waals surface area contributed by atoms with Crippen LogP contribution in [0.1, 0.15) is 18.2 Å². The summed E-state index contributed by atoms with van der Waals surface area (Å²) in [6.45, 7) is 3.45. The minimum Gasteiger partial charge on any atom is -0.457 e. The summed E-state index contributed by atoms with van der Waals surface area (Å²) in [6, 6.07) is 10.8. The van der Waals surface area contributed by atoms with Crippen LogP contribution >= 0.6 is 11.6 Å². The predicted molar refractivity (Wildman–Crippen MR) is 93.3 cm³/mol. The number of amides is 2. The van der Waals surface area contributed by atoms with Gasteiger partial charge in [-0.2, -0.15) is 5.26 Å². The third-order valence-corrected chi connectivity index (χ3v) is 4.45. The second kappa shape index (κ2) is 6.42. The number of furan rings is 1. The van der Waals surface area contributed by atoms with E-state index >= 15 is 0 Å². The van der Waals surface area contributed by atoms with Gasteiger partial charge in [-0.3, -0.25) is 14.9 Å². The molecule has 1 aromatic heterocycles. The standard InChI is InChI=1S/C19H13ClN2O3/c1-10-14(18(23)22-19(24)15(10)9-21)8-12-6-7-17(25-12)13-4-3-5-16(20)11(13)2/h3-8H,1-2H3,(H,22,23,24)/b14-8-. The highest BCUT2D eigenvalue weighted by Crippen LogP contribution is 2.31. The zero-order chi connectivity index (χ0) is 18.1. The molecular formula is C19H13ClN2O3. The fraction of sp³-hybridized carbons (Fsp3) is 0.105. The molecule has 0 saturated heterocycles. The van der Waals surface area contributed by atoms with Crippen molar-refractivity contribution < 1.29 is 14.0 Å². The Bertz CT molecular complexity index is 1010. The van der Waals surface area contributed by atoms with Crippen molar-refractivity contribution in [3.05, 3.63) is 63.4 Å². The quantitative estimate of drug-likeness (QED) is 0.658. The van der Waals surface area contributed by atoms with Crippen molar-refractivity contribution >= 4 is 29.5 Å². The van der Waals surface area contributed by atoms with E-state index in [2.05, 4.69) is 5.32 Å². The smallest absolute Gasteiger partial charge is 0.269 e. The van der Waals surface area contributed by atoms with Gasteiger partial charge < -0.3 is 4.42 Å². The number of nitriles is 1. The van der Waals surface area contributed by atoms with Crippen LogP contribution in [0.2, 0.25) is 5.02 Å². The first-order valence-electron chi connectivity index (χ1n) is 7.46. The molecule has 124 valence electrons. The zero-order valence-electron chi connectivity index (χ0n) is 13.5. The highest BCUT2D eigenvalue weighted by Gasteiger charge is 2.27. The Morgan fingerprint density at radius 3 is 2.64 bits per heavy atom. The SMILES string of the molecule is CC1=C(C#N)C(=O)NC(=O)/C1=C\c1ccc(-c2cccc(Cl)c2C)o1. The average Bonchev–Trinajstić information content (AvgIpc) is 3.03. The van der Waals surface area contributed by atoms with E-state index in [0.717, 1.165) is 11.1 Å². The number of carbonyl (C=O) groups is 2. The van der Waals surface area contributed by atoms with E-state index in [0.29, 0.717) is 22.1 Å². The number of benzene rings is 1. The number of hydrogen-bond donors (Lipinski definition) is 1. The van der Waals surface area contributed by atoms with Crippen LogP contribution in [0.4, 0.5) is 0 Å². The number of hydrogen-bond acceptors (Lipinski definition) is 4. The molecule has 0 aliphatic carbocycles. The summed E-state index contributed by atoms with van der Waals surface area (Å²) >= 11 is 6.13. The van der Waals surface area contributed by atoms with Crippen molar-refractivity contribution in [1.82, 2.24) is 5.32 Å². The second-order valence-electron chi connectivity index (χ2n) is 5.57. The lowest BCUT2D eigenvalue weighted by Crippen LogP contribution is -2.37. The highest BCUT2D eigenvalue weighted by molar-refractivity contribution is 6.31. The van der Waals surface area contributed by atoms with Gasteiger partial charge in [-0.1, -0.05) is 23.7 Å². The van der Waals surface area contributed by atoms with Gasteiger partial charge in [0.25, 0.3) is 11.8 Å². The molecule has 5 nitrogen and oxygen atoms in total. The van der Waals surface area contributed by atoms with Crippen molar-refractivity contribution in [2.75, 3.05) is 0 Å². The van der Waals surface area contributed by atoms with Crippen LogP contribution in [0.3, 0.4) is 0 Å². The molecule has 3 rings (SSSR count). The van der Waals surface area contributed by atoms with Crippen molar-refractivity contribution in [2.24, 2.45) is 0 Å². The van der Waals surface area contributed by atoms with Crippen LogP contribution in [0.25, 0.3) is 17.4 Å². The third-order valence-electron chi connectivity index (χ3n) is 4.04. The molecule has 1 aliphatic rings. The van der Waals surface area contributed by atoms with Crippen LogP contribution in [-0.2, 0) is 9.59 Å². The van der Waals surface area contributed by atoms with Crippen LogP contribution < -0.4 is 5.32 Å². The molecule has 2 heterocycles. The van der Waals surface area contributed by atoms with Gasteiger partial charge in [-0.15, -0.1) is 0 Å². The summed E-state index contributed by atoms with van der Waals surface area (Å²) in [7, 11) is 0. The number of carbonyl (C=O) groups excluding carboxylic acids is 2. The van der Waals surface area contributed by atoms with Crippen LogP contribution in [0.5, 0.6) is 0 Å². The molecule has 1 aliphatic heterocycles. The molecule has 0 saturated carbocycles. The van der Waals surface area contributed by atoms with Gasteiger partial charge in [0.05, 0.1) is 0 Å². The Labute approximate surface area is 149 Å². The fourth-order valence-corrected chi connectivity index (χ4v) is 2.78. The summed E-state index contributed by atoms with van der Waals surface area (Å²) in [4.78, 5) is 23.7. The molecule has 1 N–H and O–H groups in total. The fourth-order valence-electron chi connectivity index (χ4n) is 2.61. The van der Waals surface area contributed by atoms with E-state index in [4.69, 9.17) is 21.3 Å². The monoisotopic (exact) mass is 352 g/mol. The van der Waals surface area contributed by atoms with Gasteiger partial charge in [0.15, 0.2) is 0 Å². The van der Waals surface area contributed by atoms with Gasteiger partial charge in [0, 0.05) is 16.2 Å². The first kappa shape index (κ1) is 16.7. The van der Waals surface area contributed by atoms with Gasteiger partial charge in [0.1, 0.15) is 23.2 Å². The molecule has 0 radical (unpaired) electrons. The number of rotatable bonds is 2. The van der Waals surface area contributed by atoms with Crippen LogP contribution in [-0.4, -0.2) is 11.8 Å². The van der Waals surface area contributed by atoms with Crippen molar-refractivity contribution in [2.45, 2.75) is 13.8 Å². The molecule has 6 heteroatoms. The maximum Gasteiger partial charge on any atom is 0.269 e. The molecular weight excluding hydrogens is 340 g/mol. The molecule has 0 bridgehead atoms. The maximum absolute atomic E-state index is 12.1. The Balaban J connectivity index is 2.04. The second-order valence-corrected chi connectivity index (χ2v) is 5.97. The first-order valence-corrected chi connectivity index (χ1v) is 7.84. The molecule has 0 unspecified atom stereocenters. The van der Waals surface area contributed by atoms with E-state index in [1.165, 1.54) is 6.08 Å². The zero-order valence-corrected chi connectivity index (χ0v) is 14.3. The third kappa shape index (κ3) is 3.00. The summed E-state index contributed by atoms with van der Waals surface area (Å²) in [5.41, 5.74) is 2.21. The highest BCUT2D eigenvalue weighted by atomic mass is 35.5. The predicted octanol–water partition coefficient (Wildman–Crippen LogP) is 3.79. The summed E-state index contributed by atoms with van der Waals surface area (Å²) in [5, 5.41) is 11.9. The summed E-state index contributed by atoms with van der Waals surface area (Å²) < 4.78 is 5.80. The Morgan fingerprint density at radius 2 is 1.92 bits per heavy atom. The Kier molecular flexibility index (Phi) is 4.30. The van der Waals surface area contributed by atoms with E-state index in [1.54, 1.807) is 25.1 Å². The summed E-state index contributed by atoms with van der Waals surface area (Å²) in [6.07, 6.45) is 1.51. The van der Waals surface area contributed by atoms with Crippen molar-refractivity contribution in [3.63, 3.8) is 0 Å². The lowest BCUT2D eigenvalue weighted by molar-refractivity contribution is -0.126. The maximum atomic E-state index is 12.1. The van der Waals surface area contributed by atoms with Crippen molar-refractivity contribution in [1.29, 1.82) is 5.26 Å². The number of imide groups is 1. The average molecular weight is 353 g/mol. The number of halogens is 1. The van der Waals surface area contributed by atoms with E-state index < -0.39 is 11.8 Å². The molecule has 1 aromatic carbocycles. The topological polar surface area (TPSA) is 83.1 Å². The molecule has 25 heavy (non-hydrogen) atoms. The van der Waals surface area contributed by atoms with E-state index in [9.17, 15) is 9.59 Å². The van der Waals surface area contributed by atoms with E-state index in [-0.39, 0.29) is 11.1 Å². The summed E-state index contributed by atoms with van der Waals surface area (Å²) in [5.74, 6) is -0.193. The lowest BCUT2D eigenvalue weighted by Gasteiger charge is -2.15. The largest absolute Gasteiger partial charge is 0.457 e. The molecule has 0 spiro atoms. The van der Waals surface area contributed by atoms with Gasteiger partial charge in [-0.05, 0) is 49.3 Å².